The van der Waals surface area contributed by atoms with E-state index in [4.69, 9.17) is 4.74 Å². The van der Waals surface area contributed by atoms with Gasteiger partial charge in [-0.15, -0.1) is 11.8 Å². The van der Waals surface area contributed by atoms with Crippen molar-refractivity contribution in [3.8, 4) is 5.75 Å². The van der Waals surface area contributed by atoms with Gasteiger partial charge in [0.2, 0.25) is 17.7 Å². The number of thioether (sulfide) groups is 1. The van der Waals surface area contributed by atoms with E-state index >= 15 is 0 Å². The molecule has 1 aliphatic rings. The molecule has 0 spiro atoms. The molecule has 7 nitrogen and oxygen atoms in total. The highest BCUT2D eigenvalue weighted by Gasteiger charge is 2.36. The van der Waals surface area contributed by atoms with Gasteiger partial charge < -0.3 is 20.3 Å². The van der Waals surface area contributed by atoms with Crippen molar-refractivity contribution in [2.75, 3.05) is 24.1 Å². The maximum atomic E-state index is 13.0. The Morgan fingerprint density at radius 3 is 2.52 bits per heavy atom. The quantitative estimate of drug-likeness (QED) is 0.610. The molecule has 2 unspecified atom stereocenters. The lowest BCUT2D eigenvalue weighted by Gasteiger charge is -2.26. The van der Waals surface area contributed by atoms with Crippen LogP contribution in [0.2, 0.25) is 0 Å². The summed E-state index contributed by atoms with van der Waals surface area (Å²) in [4.78, 5) is 39.7. The summed E-state index contributed by atoms with van der Waals surface area (Å²) in [7, 11) is 1.59. The summed E-state index contributed by atoms with van der Waals surface area (Å²) in [6.07, 6.45) is 3.05. The molecule has 33 heavy (non-hydrogen) atoms. The summed E-state index contributed by atoms with van der Waals surface area (Å²) >= 11 is 1.52. The van der Waals surface area contributed by atoms with Crippen LogP contribution in [0, 0.1) is 13.8 Å². The molecule has 0 aliphatic carbocycles. The molecule has 2 aromatic rings. The van der Waals surface area contributed by atoms with Crippen molar-refractivity contribution in [2.24, 2.45) is 0 Å². The fraction of sp³-hybridized carbons (Fsp3) is 0.320. The summed E-state index contributed by atoms with van der Waals surface area (Å²) in [5.41, 5.74) is 3.77. The third-order valence-corrected chi connectivity index (χ3v) is 6.53. The van der Waals surface area contributed by atoms with Crippen LogP contribution in [0.1, 0.15) is 23.6 Å². The zero-order valence-corrected chi connectivity index (χ0v) is 20.1. The number of amides is 3. The Hall–Kier alpha value is -3.26. The largest absolute Gasteiger partial charge is 0.497 e. The van der Waals surface area contributed by atoms with Crippen molar-refractivity contribution >= 4 is 41.2 Å². The Morgan fingerprint density at radius 1 is 1.12 bits per heavy atom. The van der Waals surface area contributed by atoms with E-state index in [0.29, 0.717) is 17.3 Å². The number of anilines is 1. The highest BCUT2D eigenvalue weighted by molar-refractivity contribution is 7.99. The van der Waals surface area contributed by atoms with Crippen LogP contribution in [0.4, 0.5) is 5.69 Å². The van der Waals surface area contributed by atoms with Gasteiger partial charge in [-0.25, -0.2) is 0 Å². The van der Waals surface area contributed by atoms with Gasteiger partial charge in [0.1, 0.15) is 17.8 Å². The van der Waals surface area contributed by atoms with E-state index in [1.165, 1.54) is 22.7 Å². The van der Waals surface area contributed by atoms with Crippen molar-refractivity contribution in [2.45, 2.75) is 32.9 Å². The first kappa shape index (κ1) is 24.4. The third-order valence-electron chi connectivity index (χ3n) is 5.51. The molecule has 2 N–H and O–H groups in total. The molecule has 1 saturated heterocycles. The van der Waals surface area contributed by atoms with Crippen molar-refractivity contribution in [1.29, 1.82) is 0 Å². The van der Waals surface area contributed by atoms with Crippen LogP contribution in [0.25, 0.3) is 6.08 Å². The molecule has 2 aromatic carbocycles. The number of nitrogens with one attached hydrogen (secondary N) is 2. The van der Waals surface area contributed by atoms with Crippen molar-refractivity contribution in [3.63, 3.8) is 0 Å². The molecule has 1 aliphatic heterocycles. The smallest absolute Gasteiger partial charge is 0.248 e. The van der Waals surface area contributed by atoms with Crippen molar-refractivity contribution in [3.05, 3.63) is 65.2 Å². The number of rotatable bonds is 7. The van der Waals surface area contributed by atoms with Crippen LogP contribution < -0.4 is 15.4 Å². The van der Waals surface area contributed by atoms with Crippen molar-refractivity contribution < 1.29 is 19.1 Å². The molecule has 174 valence electrons. The van der Waals surface area contributed by atoms with Gasteiger partial charge in [0.25, 0.3) is 0 Å². The molecule has 2 atom stereocenters. The Bertz CT molecular complexity index is 1050. The number of aryl methyl sites for hydroxylation is 2. The molecular weight excluding hydrogens is 438 g/mol. The second-order valence-electron chi connectivity index (χ2n) is 7.95. The van der Waals surface area contributed by atoms with Crippen LogP contribution >= 0.6 is 11.8 Å². The van der Waals surface area contributed by atoms with Gasteiger partial charge in [-0.3, -0.25) is 14.4 Å². The van der Waals surface area contributed by atoms with Gasteiger partial charge in [-0.1, -0.05) is 18.2 Å². The van der Waals surface area contributed by atoms with Gasteiger partial charge in [0.15, 0.2) is 0 Å². The fourth-order valence-electron chi connectivity index (χ4n) is 3.38. The summed E-state index contributed by atoms with van der Waals surface area (Å²) in [6.45, 7) is 5.62. The van der Waals surface area contributed by atoms with E-state index in [1.807, 2.05) is 44.2 Å². The first-order valence-corrected chi connectivity index (χ1v) is 11.8. The maximum absolute atomic E-state index is 13.0. The zero-order chi connectivity index (χ0) is 24.0. The lowest BCUT2D eigenvalue weighted by atomic mass is 10.1. The second kappa shape index (κ2) is 11.0. The van der Waals surface area contributed by atoms with Crippen LogP contribution in [-0.4, -0.2) is 53.4 Å². The van der Waals surface area contributed by atoms with E-state index < -0.39 is 12.1 Å². The average Bonchev–Trinajstić information content (AvgIpc) is 3.30. The van der Waals surface area contributed by atoms with E-state index in [1.54, 1.807) is 32.2 Å². The highest BCUT2D eigenvalue weighted by Crippen LogP contribution is 2.24. The molecule has 3 amide bonds. The molecule has 1 heterocycles. The second-order valence-corrected chi connectivity index (χ2v) is 8.95. The van der Waals surface area contributed by atoms with E-state index in [-0.39, 0.29) is 17.7 Å². The molecule has 0 saturated carbocycles. The highest BCUT2D eigenvalue weighted by atomic mass is 32.2. The summed E-state index contributed by atoms with van der Waals surface area (Å²) in [5, 5.41) is 5.60. The van der Waals surface area contributed by atoms with Crippen LogP contribution in [0.15, 0.2) is 48.5 Å². The molecular formula is C25H29N3O4S. The number of benzene rings is 2. The monoisotopic (exact) mass is 467 g/mol. The van der Waals surface area contributed by atoms with Crippen LogP contribution in [-0.2, 0) is 14.4 Å². The van der Waals surface area contributed by atoms with E-state index in [9.17, 15) is 14.4 Å². The van der Waals surface area contributed by atoms with Gasteiger partial charge >= 0.3 is 0 Å². The number of nitrogens with zero attached hydrogens (tertiary/aromatic N) is 1. The SMILES string of the molecule is COc1ccc(/C=C/C(=O)NC(C)C(=O)N2CSCC2C(=O)Nc2ccc(C)c(C)c2)cc1. The zero-order valence-electron chi connectivity index (χ0n) is 19.3. The predicted octanol–water partition coefficient (Wildman–Crippen LogP) is 3.37. The Labute approximate surface area is 198 Å². The predicted molar refractivity (Wildman–Crippen MR) is 132 cm³/mol. The Balaban J connectivity index is 1.57. The van der Waals surface area contributed by atoms with Gasteiger partial charge in [-0.2, -0.15) is 0 Å². The van der Waals surface area contributed by atoms with Crippen LogP contribution in [0.5, 0.6) is 5.75 Å². The number of hydrogen-bond acceptors (Lipinski definition) is 5. The van der Waals surface area contributed by atoms with E-state index in [0.717, 1.165) is 22.4 Å². The summed E-state index contributed by atoms with van der Waals surface area (Å²) in [5.74, 6) is 0.762. The average molecular weight is 468 g/mol. The minimum atomic E-state index is -0.756. The molecule has 8 heteroatoms. The molecule has 1 fully saturated rings. The van der Waals surface area contributed by atoms with Gasteiger partial charge in [0, 0.05) is 17.5 Å². The Kier molecular flexibility index (Phi) is 8.16. The molecule has 0 bridgehead atoms. The third kappa shape index (κ3) is 6.38. The lowest BCUT2D eigenvalue weighted by molar-refractivity contribution is -0.138. The normalized spacial score (nSPS) is 16.5. The maximum Gasteiger partial charge on any atom is 0.248 e. The molecule has 0 aromatic heterocycles. The number of carbonyl (C=O) groups excluding carboxylic acids is 3. The Morgan fingerprint density at radius 2 is 1.85 bits per heavy atom. The first-order valence-electron chi connectivity index (χ1n) is 10.7. The minimum Gasteiger partial charge on any atom is -0.497 e. The summed E-state index contributed by atoms with van der Waals surface area (Å²) in [6, 6.07) is 11.7. The number of carbonyl (C=O) groups is 3. The van der Waals surface area contributed by atoms with Gasteiger partial charge in [-0.05, 0) is 67.8 Å². The minimum absolute atomic E-state index is 0.227. The number of methoxy groups -OCH3 is 1. The fourth-order valence-corrected chi connectivity index (χ4v) is 4.54. The molecule has 0 radical (unpaired) electrons. The topological polar surface area (TPSA) is 87.7 Å². The molecule has 3 rings (SSSR count). The number of hydrogen-bond donors (Lipinski definition) is 2. The number of ether oxygens (including phenoxy) is 1. The first-order chi connectivity index (χ1) is 15.8. The standard InChI is InChI=1S/C25H29N3O4S/c1-16-5-9-20(13-17(16)2)27-24(30)22-14-33-15-28(22)25(31)18(3)26-23(29)12-8-19-6-10-21(32-4)11-7-19/h5-13,18,22H,14-15H2,1-4H3,(H,26,29)(H,27,30)/b12-8+. The lowest BCUT2D eigenvalue weighted by Crippen LogP contribution is -2.51. The summed E-state index contributed by atoms with van der Waals surface area (Å²) < 4.78 is 5.12. The van der Waals surface area contributed by atoms with E-state index in [2.05, 4.69) is 10.6 Å². The van der Waals surface area contributed by atoms with Crippen LogP contribution in [0.3, 0.4) is 0 Å². The van der Waals surface area contributed by atoms with Crippen molar-refractivity contribution in [1.82, 2.24) is 10.2 Å². The van der Waals surface area contributed by atoms with Gasteiger partial charge in [0.05, 0.1) is 13.0 Å².